The molecule has 0 amide bonds. The summed E-state index contributed by atoms with van der Waals surface area (Å²) in [6.07, 6.45) is 0.879. The Morgan fingerprint density at radius 1 is 1.39 bits per heavy atom. The van der Waals surface area contributed by atoms with Crippen LogP contribution in [0.2, 0.25) is 0 Å². The third-order valence-corrected chi connectivity index (χ3v) is 3.21. The second kappa shape index (κ2) is 6.41. The molecule has 1 N–H and O–H groups in total. The number of rotatable bonds is 3. The van der Waals surface area contributed by atoms with Crippen LogP contribution in [0.5, 0.6) is 5.75 Å². The van der Waals surface area contributed by atoms with Crippen molar-refractivity contribution >= 4 is 12.4 Å². The number of methoxy groups -OCH3 is 1. The Hall–Kier alpha value is -0.770. The van der Waals surface area contributed by atoms with Crippen LogP contribution in [0.3, 0.4) is 0 Å². The van der Waals surface area contributed by atoms with Crippen molar-refractivity contribution in [3.63, 3.8) is 0 Å². The third-order valence-electron chi connectivity index (χ3n) is 3.21. The molecule has 0 aliphatic carbocycles. The zero-order valence-electron chi connectivity index (χ0n) is 11.2. The Morgan fingerprint density at radius 3 is 2.56 bits per heavy atom. The second-order valence-corrected chi connectivity index (χ2v) is 5.05. The highest BCUT2D eigenvalue weighted by Crippen LogP contribution is 2.21. The number of benzene rings is 1. The van der Waals surface area contributed by atoms with Crippen LogP contribution in [0.25, 0.3) is 0 Å². The molecule has 1 aromatic carbocycles. The van der Waals surface area contributed by atoms with E-state index in [0.717, 1.165) is 25.3 Å². The van der Waals surface area contributed by atoms with E-state index in [-0.39, 0.29) is 18.1 Å². The lowest BCUT2D eigenvalue weighted by Gasteiger charge is -2.38. The summed E-state index contributed by atoms with van der Waals surface area (Å²) in [5.74, 6) is 1.49. The smallest absolute Gasteiger partial charge is 0.120 e. The highest BCUT2D eigenvalue weighted by Gasteiger charge is 2.29. The minimum absolute atomic E-state index is 0. The molecule has 2 atom stereocenters. The van der Waals surface area contributed by atoms with Gasteiger partial charge >= 0.3 is 0 Å². The van der Waals surface area contributed by atoms with Gasteiger partial charge in [0.05, 0.1) is 13.7 Å². The molecule has 2 unspecified atom stereocenters. The van der Waals surface area contributed by atoms with Crippen molar-refractivity contribution in [1.29, 1.82) is 0 Å². The van der Waals surface area contributed by atoms with Gasteiger partial charge in [-0.05, 0) is 30.5 Å². The van der Waals surface area contributed by atoms with Crippen molar-refractivity contribution in [2.75, 3.05) is 20.3 Å². The molecular formula is C14H22ClNO2. The first-order chi connectivity index (χ1) is 8.11. The van der Waals surface area contributed by atoms with E-state index in [1.807, 2.05) is 12.1 Å². The maximum atomic E-state index is 5.90. The van der Waals surface area contributed by atoms with Gasteiger partial charge in [-0.2, -0.15) is 0 Å². The first kappa shape index (κ1) is 15.3. The normalized spacial score (nSPS) is 27.4. The third kappa shape index (κ3) is 3.87. The summed E-state index contributed by atoms with van der Waals surface area (Å²) >= 11 is 0. The van der Waals surface area contributed by atoms with E-state index in [0.29, 0.717) is 5.92 Å². The highest BCUT2D eigenvalue weighted by atomic mass is 35.5. The summed E-state index contributed by atoms with van der Waals surface area (Å²) in [5, 5.41) is 3.47. The van der Waals surface area contributed by atoms with Gasteiger partial charge in [-0.3, -0.25) is 5.32 Å². The molecule has 1 fully saturated rings. The van der Waals surface area contributed by atoms with Crippen LogP contribution in [-0.2, 0) is 11.2 Å². The summed E-state index contributed by atoms with van der Waals surface area (Å²) < 4.78 is 11.0. The van der Waals surface area contributed by atoms with Crippen LogP contribution < -0.4 is 10.1 Å². The largest absolute Gasteiger partial charge is 0.497 e. The van der Waals surface area contributed by atoms with Crippen LogP contribution in [-0.4, -0.2) is 26.0 Å². The Balaban J connectivity index is 0.00000162. The molecular weight excluding hydrogens is 250 g/mol. The summed E-state index contributed by atoms with van der Waals surface area (Å²) in [4.78, 5) is 0. The average Bonchev–Trinajstić information content (AvgIpc) is 2.34. The molecule has 1 aromatic rings. The number of nitrogens with one attached hydrogen (secondary N) is 1. The van der Waals surface area contributed by atoms with Crippen molar-refractivity contribution < 1.29 is 9.47 Å². The Bertz CT molecular complexity index is 359. The van der Waals surface area contributed by atoms with Gasteiger partial charge in [0.25, 0.3) is 0 Å². The van der Waals surface area contributed by atoms with Gasteiger partial charge < -0.3 is 9.47 Å². The van der Waals surface area contributed by atoms with Crippen molar-refractivity contribution in [2.24, 2.45) is 5.92 Å². The van der Waals surface area contributed by atoms with Gasteiger partial charge in [-0.15, -0.1) is 12.4 Å². The molecule has 1 aliphatic heterocycles. The molecule has 1 aliphatic rings. The zero-order chi connectivity index (χ0) is 12.3. The number of ether oxygens (including phenoxy) is 2. The predicted molar refractivity (Wildman–Crippen MR) is 75.5 cm³/mol. The topological polar surface area (TPSA) is 30.5 Å². The summed E-state index contributed by atoms with van der Waals surface area (Å²) in [6.45, 7) is 6.16. The standard InChI is InChI=1S/C14H21NO2.ClH/c1-11-9-15-14(2,17-10-11)8-12-4-6-13(16-3)7-5-12;/h4-7,11,15H,8-10H2,1-3H3;1H. The molecule has 0 saturated carbocycles. The Kier molecular flexibility index (Phi) is 5.45. The van der Waals surface area contributed by atoms with E-state index in [1.165, 1.54) is 5.56 Å². The van der Waals surface area contributed by atoms with E-state index in [1.54, 1.807) is 7.11 Å². The molecule has 18 heavy (non-hydrogen) atoms. The lowest BCUT2D eigenvalue weighted by Crippen LogP contribution is -2.53. The molecule has 2 rings (SSSR count). The SMILES string of the molecule is COc1ccc(CC2(C)NCC(C)CO2)cc1.Cl. The number of halogens is 1. The monoisotopic (exact) mass is 271 g/mol. The predicted octanol–water partition coefficient (Wildman–Crippen LogP) is 2.63. The van der Waals surface area contributed by atoms with Crippen LogP contribution in [0.1, 0.15) is 19.4 Å². The average molecular weight is 272 g/mol. The van der Waals surface area contributed by atoms with E-state index < -0.39 is 0 Å². The van der Waals surface area contributed by atoms with Crippen molar-refractivity contribution in [3.05, 3.63) is 29.8 Å². The maximum Gasteiger partial charge on any atom is 0.120 e. The van der Waals surface area contributed by atoms with Gasteiger partial charge in [0.1, 0.15) is 11.5 Å². The Labute approximate surface area is 115 Å². The van der Waals surface area contributed by atoms with Gasteiger partial charge in [0, 0.05) is 13.0 Å². The molecule has 0 bridgehead atoms. The number of hydrogen-bond donors (Lipinski definition) is 1. The minimum Gasteiger partial charge on any atom is -0.497 e. The molecule has 0 radical (unpaired) electrons. The van der Waals surface area contributed by atoms with Crippen molar-refractivity contribution in [3.8, 4) is 5.75 Å². The van der Waals surface area contributed by atoms with Crippen LogP contribution in [0, 0.1) is 5.92 Å². The molecule has 1 heterocycles. The quantitative estimate of drug-likeness (QED) is 0.917. The zero-order valence-corrected chi connectivity index (χ0v) is 12.0. The summed E-state index contributed by atoms with van der Waals surface area (Å²) in [6, 6.07) is 8.16. The fourth-order valence-corrected chi connectivity index (χ4v) is 2.07. The number of hydrogen-bond acceptors (Lipinski definition) is 3. The molecule has 0 aromatic heterocycles. The van der Waals surface area contributed by atoms with Gasteiger partial charge in [0.15, 0.2) is 0 Å². The molecule has 0 spiro atoms. The summed E-state index contributed by atoms with van der Waals surface area (Å²) in [5.41, 5.74) is 1.02. The molecule has 4 heteroatoms. The fourth-order valence-electron chi connectivity index (χ4n) is 2.07. The molecule has 102 valence electrons. The lowest BCUT2D eigenvalue weighted by atomic mass is 10.0. The van der Waals surface area contributed by atoms with E-state index in [2.05, 4.69) is 31.3 Å². The van der Waals surface area contributed by atoms with E-state index in [9.17, 15) is 0 Å². The second-order valence-electron chi connectivity index (χ2n) is 5.05. The lowest BCUT2D eigenvalue weighted by molar-refractivity contribution is -0.0997. The first-order valence-corrected chi connectivity index (χ1v) is 6.13. The van der Waals surface area contributed by atoms with E-state index in [4.69, 9.17) is 9.47 Å². The van der Waals surface area contributed by atoms with Crippen LogP contribution in [0.15, 0.2) is 24.3 Å². The first-order valence-electron chi connectivity index (χ1n) is 6.13. The summed E-state index contributed by atoms with van der Waals surface area (Å²) in [7, 11) is 1.68. The van der Waals surface area contributed by atoms with Crippen molar-refractivity contribution in [2.45, 2.75) is 26.0 Å². The van der Waals surface area contributed by atoms with Gasteiger partial charge in [0.2, 0.25) is 0 Å². The van der Waals surface area contributed by atoms with E-state index >= 15 is 0 Å². The minimum atomic E-state index is -0.235. The maximum absolute atomic E-state index is 5.90. The van der Waals surface area contributed by atoms with Crippen LogP contribution >= 0.6 is 12.4 Å². The van der Waals surface area contributed by atoms with Gasteiger partial charge in [-0.25, -0.2) is 0 Å². The highest BCUT2D eigenvalue weighted by molar-refractivity contribution is 5.85. The van der Waals surface area contributed by atoms with Crippen LogP contribution in [0.4, 0.5) is 0 Å². The fraction of sp³-hybridized carbons (Fsp3) is 0.571. The molecule has 1 saturated heterocycles. The Morgan fingerprint density at radius 2 is 2.06 bits per heavy atom. The van der Waals surface area contributed by atoms with Gasteiger partial charge in [-0.1, -0.05) is 19.1 Å². The molecule has 3 nitrogen and oxygen atoms in total. The van der Waals surface area contributed by atoms with Crippen molar-refractivity contribution in [1.82, 2.24) is 5.32 Å².